The van der Waals surface area contributed by atoms with Gasteiger partial charge in [-0.15, -0.1) is 0 Å². The highest BCUT2D eigenvalue weighted by Crippen LogP contribution is 2.31. The molecule has 1 aromatic heterocycles. The molecule has 0 radical (unpaired) electrons. The molecule has 0 aliphatic heterocycles. The highest BCUT2D eigenvalue weighted by molar-refractivity contribution is 9.10. The van der Waals surface area contributed by atoms with Crippen LogP contribution in [0.5, 0.6) is 0 Å². The number of aromatic amines is 1. The van der Waals surface area contributed by atoms with Crippen molar-refractivity contribution in [2.75, 3.05) is 0 Å². The molecule has 2 N–H and O–H groups in total. The molecule has 1 heterocycles. The molecule has 0 amide bonds. The van der Waals surface area contributed by atoms with E-state index in [0.29, 0.717) is 11.1 Å². The summed E-state index contributed by atoms with van der Waals surface area (Å²) in [6.07, 6.45) is 0. The number of halogens is 1. The van der Waals surface area contributed by atoms with E-state index in [2.05, 4.69) is 20.9 Å². The number of carboxylic acid groups (broad SMARTS) is 1. The summed E-state index contributed by atoms with van der Waals surface area (Å²) < 4.78 is 0.921. The molecule has 0 fully saturated rings. The normalized spacial score (nSPS) is 10.9. The zero-order valence-electron chi connectivity index (χ0n) is 8.39. The number of carbonyl (C=O) groups is 1. The number of hydrogen-bond acceptors (Lipinski definition) is 1. The van der Waals surface area contributed by atoms with E-state index < -0.39 is 5.97 Å². The Kier molecular flexibility index (Phi) is 2.31. The monoisotopic (exact) mass is 267 g/mol. The van der Waals surface area contributed by atoms with Crippen LogP contribution in [0.3, 0.4) is 0 Å². The zero-order chi connectivity index (χ0) is 11.2. The van der Waals surface area contributed by atoms with Crippen molar-refractivity contribution in [2.45, 2.75) is 13.8 Å². The third-order valence-corrected chi connectivity index (χ3v) is 3.30. The number of hydrogen-bond donors (Lipinski definition) is 2. The Morgan fingerprint density at radius 2 is 2.07 bits per heavy atom. The summed E-state index contributed by atoms with van der Waals surface area (Å²) in [5, 5.41) is 9.99. The summed E-state index contributed by atoms with van der Waals surface area (Å²) in [6, 6.07) is 3.37. The van der Waals surface area contributed by atoms with Crippen molar-refractivity contribution in [2.24, 2.45) is 0 Å². The quantitative estimate of drug-likeness (QED) is 0.834. The number of aromatic carboxylic acids is 1. The van der Waals surface area contributed by atoms with Gasteiger partial charge in [0, 0.05) is 15.6 Å². The Morgan fingerprint density at radius 3 is 2.67 bits per heavy atom. The number of aryl methyl sites for hydroxylation is 2. The van der Waals surface area contributed by atoms with Crippen molar-refractivity contribution < 1.29 is 9.90 Å². The molecular weight excluding hydrogens is 258 g/mol. The van der Waals surface area contributed by atoms with Gasteiger partial charge in [0.25, 0.3) is 0 Å². The summed E-state index contributed by atoms with van der Waals surface area (Å²) in [7, 11) is 0. The number of rotatable bonds is 1. The third kappa shape index (κ3) is 1.45. The lowest BCUT2D eigenvalue weighted by molar-refractivity contribution is 0.0699. The average molecular weight is 268 g/mol. The Hall–Kier alpha value is -1.29. The van der Waals surface area contributed by atoms with Gasteiger partial charge in [-0.05, 0) is 31.5 Å². The van der Waals surface area contributed by atoms with Gasteiger partial charge in [-0.3, -0.25) is 0 Å². The van der Waals surface area contributed by atoms with Crippen LogP contribution in [0, 0.1) is 13.8 Å². The Balaban J connectivity index is 2.95. The molecule has 0 aliphatic rings. The van der Waals surface area contributed by atoms with Crippen molar-refractivity contribution in [3.63, 3.8) is 0 Å². The third-order valence-electron chi connectivity index (χ3n) is 2.63. The van der Waals surface area contributed by atoms with Crippen molar-refractivity contribution in [3.05, 3.63) is 33.4 Å². The summed E-state index contributed by atoms with van der Waals surface area (Å²) in [6.45, 7) is 3.91. The lowest BCUT2D eigenvalue weighted by Crippen LogP contribution is -1.97. The number of aromatic nitrogens is 1. The molecule has 0 aliphatic carbocycles. The number of nitrogens with one attached hydrogen (secondary N) is 1. The second-order valence-electron chi connectivity index (χ2n) is 3.53. The molecule has 0 bridgehead atoms. The molecule has 0 unspecified atom stereocenters. The lowest BCUT2D eigenvalue weighted by Gasteiger charge is -2.00. The van der Waals surface area contributed by atoms with Crippen LogP contribution in [-0.2, 0) is 0 Å². The molecule has 2 rings (SSSR count). The number of benzene rings is 1. The minimum Gasteiger partial charge on any atom is -0.478 e. The van der Waals surface area contributed by atoms with Crippen LogP contribution in [0.2, 0.25) is 0 Å². The first-order chi connectivity index (χ1) is 7.02. The highest BCUT2D eigenvalue weighted by Gasteiger charge is 2.15. The Bertz CT molecular complexity index is 557. The van der Waals surface area contributed by atoms with Gasteiger partial charge in [0.2, 0.25) is 0 Å². The summed E-state index contributed by atoms with van der Waals surface area (Å²) >= 11 is 3.43. The van der Waals surface area contributed by atoms with Gasteiger partial charge in [0.05, 0.1) is 11.1 Å². The number of fused-ring (bicyclic) bond motifs is 1. The second kappa shape index (κ2) is 3.38. The molecule has 78 valence electrons. The smallest absolute Gasteiger partial charge is 0.337 e. The van der Waals surface area contributed by atoms with Crippen LogP contribution in [0.25, 0.3) is 10.9 Å². The molecule has 0 spiro atoms. The predicted octanol–water partition coefficient (Wildman–Crippen LogP) is 3.25. The van der Waals surface area contributed by atoms with Crippen LogP contribution in [0.4, 0.5) is 0 Å². The highest BCUT2D eigenvalue weighted by atomic mass is 79.9. The van der Waals surface area contributed by atoms with Crippen LogP contribution in [0.1, 0.15) is 21.6 Å². The van der Waals surface area contributed by atoms with Crippen LogP contribution in [0.15, 0.2) is 16.6 Å². The van der Waals surface area contributed by atoms with Crippen molar-refractivity contribution in [1.82, 2.24) is 4.98 Å². The molecule has 4 heteroatoms. The Morgan fingerprint density at radius 1 is 1.40 bits per heavy atom. The van der Waals surface area contributed by atoms with Gasteiger partial charge in [0.15, 0.2) is 0 Å². The van der Waals surface area contributed by atoms with Gasteiger partial charge >= 0.3 is 5.97 Å². The fraction of sp³-hybridized carbons (Fsp3) is 0.182. The molecule has 3 nitrogen and oxygen atoms in total. The van der Waals surface area contributed by atoms with E-state index in [0.717, 1.165) is 21.1 Å². The fourth-order valence-corrected chi connectivity index (χ4v) is 2.35. The van der Waals surface area contributed by atoms with Gasteiger partial charge in [-0.1, -0.05) is 15.9 Å². The summed E-state index contributed by atoms with van der Waals surface area (Å²) in [5.41, 5.74) is 3.08. The maximum atomic E-state index is 11.0. The molecule has 0 saturated heterocycles. The maximum absolute atomic E-state index is 11.0. The SMILES string of the molecule is Cc1[nH]c2c(C(=O)O)ccc(Br)c2c1C. The average Bonchev–Trinajstić information content (AvgIpc) is 2.44. The van der Waals surface area contributed by atoms with E-state index in [9.17, 15) is 4.79 Å². The zero-order valence-corrected chi connectivity index (χ0v) is 9.97. The summed E-state index contributed by atoms with van der Waals surface area (Å²) in [4.78, 5) is 14.1. The molecular formula is C11H10BrNO2. The van der Waals surface area contributed by atoms with E-state index in [1.807, 2.05) is 13.8 Å². The largest absolute Gasteiger partial charge is 0.478 e. The molecule has 0 atom stereocenters. The minimum absolute atomic E-state index is 0.310. The first-order valence-electron chi connectivity index (χ1n) is 4.53. The molecule has 15 heavy (non-hydrogen) atoms. The Labute approximate surface area is 95.2 Å². The van der Waals surface area contributed by atoms with Crippen molar-refractivity contribution in [1.29, 1.82) is 0 Å². The van der Waals surface area contributed by atoms with E-state index in [4.69, 9.17) is 5.11 Å². The fourth-order valence-electron chi connectivity index (χ4n) is 1.72. The first kappa shape index (κ1) is 10.2. The molecule has 1 aromatic carbocycles. The van der Waals surface area contributed by atoms with Gasteiger partial charge < -0.3 is 10.1 Å². The predicted molar refractivity (Wildman–Crippen MR) is 62.4 cm³/mol. The van der Waals surface area contributed by atoms with Crippen molar-refractivity contribution in [3.8, 4) is 0 Å². The van der Waals surface area contributed by atoms with E-state index in [-0.39, 0.29) is 0 Å². The van der Waals surface area contributed by atoms with Gasteiger partial charge in [-0.2, -0.15) is 0 Å². The van der Waals surface area contributed by atoms with Crippen molar-refractivity contribution >= 4 is 32.8 Å². The van der Waals surface area contributed by atoms with Gasteiger partial charge in [0.1, 0.15) is 0 Å². The standard InChI is InChI=1S/C11H10BrNO2/c1-5-6(2)13-10-7(11(14)15)3-4-8(12)9(5)10/h3-4,13H,1-2H3,(H,14,15). The first-order valence-corrected chi connectivity index (χ1v) is 5.32. The van der Waals surface area contributed by atoms with Crippen LogP contribution in [-0.4, -0.2) is 16.1 Å². The van der Waals surface area contributed by atoms with Gasteiger partial charge in [-0.25, -0.2) is 4.79 Å². The lowest BCUT2D eigenvalue weighted by atomic mass is 10.1. The second-order valence-corrected chi connectivity index (χ2v) is 4.38. The van der Waals surface area contributed by atoms with E-state index in [1.165, 1.54) is 0 Å². The topological polar surface area (TPSA) is 53.1 Å². The van der Waals surface area contributed by atoms with E-state index >= 15 is 0 Å². The summed E-state index contributed by atoms with van der Waals surface area (Å²) in [5.74, 6) is -0.909. The maximum Gasteiger partial charge on any atom is 0.337 e. The number of carboxylic acids is 1. The minimum atomic E-state index is -0.909. The van der Waals surface area contributed by atoms with Crippen LogP contribution < -0.4 is 0 Å². The molecule has 2 aromatic rings. The van der Waals surface area contributed by atoms with E-state index in [1.54, 1.807) is 12.1 Å². The molecule has 0 saturated carbocycles. The number of H-pyrrole nitrogens is 1. The van der Waals surface area contributed by atoms with Crippen LogP contribution >= 0.6 is 15.9 Å².